The van der Waals surface area contributed by atoms with Crippen molar-refractivity contribution in [1.29, 1.82) is 0 Å². The Labute approximate surface area is 221 Å². The van der Waals surface area contributed by atoms with Gasteiger partial charge < -0.3 is 5.11 Å². The smallest absolute Gasteiger partial charge is 0.201 e. The van der Waals surface area contributed by atoms with Gasteiger partial charge in [0, 0.05) is 0 Å². The van der Waals surface area contributed by atoms with Crippen LogP contribution >= 0.6 is 0 Å². The SMILES string of the molecule is Bc1ccc(-n2cc(C(O)(c3cn(-c4ccc(B)cc4)nn3)c3cn(-c4ccc(B)cc4)nn3)nn2)cc1. The van der Waals surface area contributed by atoms with Gasteiger partial charge >= 0.3 is 0 Å². The lowest BCUT2D eigenvalue weighted by atomic mass is 9.93. The zero-order valence-corrected chi connectivity index (χ0v) is 21.1. The minimum absolute atomic E-state index is 0.241. The summed E-state index contributed by atoms with van der Waals surface area (Å²) >= 11 is 0. The van der Waals surface area contributed by atoms with Gasteiger partial charge in [-0.3, -0.25) is 0 Å². The monoisotopic (exact) mass is 497 g/mol. The first-order valence-electron chi connectivity index (χ1n) is 12.1. The zero-order chi connectivity index (χ0) is 26.3. The van der Waals surface area contributed by atoms with Gasteiger partial charge in [0.25, 0.3) is 0 Å². The van der Waals surface area contributed by atoms with Gasteiger partial charge in [-0.2, -0.15) is 0 Å². The molecule has 13 heteroatoms. The lowest BCUT2D eigenvalue weighted by Crippen LogP contribution is -2.30. The summed E-state index contributed by atoms with van der Waals surface area (Å²) in [7, 11) is 6.05. The Morgan fingerprint density at radius 2 is 0.737 bits per heavy atom. The first kappa shape index (κ1) is 23.6. The van der Waals surface area contributed by atoms with Gasteiger partial charge in [0.15, 0.2) is 0 Å². The molecule has 38 heavy (non-hydrogen) atoms. The summed E-state index contributed by atoms with van der Waals surface area (Å²) in [6.45, 7) is 0. The third-order valence-corrected chi connectivity index (χ3v) is 6.49. The van der Waals surface area contributed by atoms with E-state index in [1.807, 2.05) is 96.3 Å². The maximum Gasteiger partial charge on any atom is 0.201 e. The molecule has 0 atom stereocenters. The predicted octanol–water partition coefficient (Wildman–Crippen LogP) is -2.51. The molecule has 0 spiro atoms. The van der Waals surface area contributed by atoms with Crippen LogP contribution in [-0.2, 0) is 5.60 Å². The van der Waals surface area contributed by atoms with Gasteiger partial charge in [0.1, 0.15) is 40.6 Å². The second-order valence-corrected chi connectivity index (χ2v) is 9.36. The van der Waals surface area contributed by atoms with Gasteiger partial charge in [-0.25, -0.2) is 14.0 Å². The van der Waals surface area contributed by atoms with E-state index in [0.717, 1.165) is 33.5 Å². The van der Waals surface area contributed by atoms with E-state index in [2.05, 4.69) is 30.9 Å². The van der Waals surface area contributed by atoms with Crippen molar-refractivity contribution in [3.63, 3.8) is 0 Å². The van der Waals surface area contributed by atoms with Crippen molar-refractivity contribution in [1.82, 2.24) is 45.0 Å². The summed E-state index contributed by atoms with van der Waals surface area (Å²) in [6, 6.07) is 23.6. The molecule has 0 saturated carbocycles. The van der Waals surface area contributed by atoms with Gasteiger partial charge in [0.05, 0.1) is 35.7 Å². The molecular formula is C25H22B3N9O. The van der Waals surface area contributed by atoms with Crippen LogP contribution in [0.4, 0.5) is 0 Å². The summed E-state index contributed by atoms with van der Waals surface area (Å²) < 4.78 is 4.82. The molecule has 182 valence electrons. The van der Waals surface area contributed by atoms with Crippen LogP contribution in [-0.4, -0.2) is 73.6 Å². The third kappa shape index (κ3) is 4.22. The van der Waals surface area contributed by atoms with Crippen LogP contribution in [0.15, 0.2) is 91.4 Å². The molecule has 3 aromatic carbocycles. The normalized spacial score (nSPS) is 11.6. The van der Waals surface area contributed by atoms with Crippen molar-refractivity contribution < 1.29 is 5.11 Å². The molecule has 0 radical (unpaired) electrons. The quantitative estimate of drug-likeness (QED) is 0.253. The number of aliphatic hydroxyl groups is 1. The molecule has 0 aliphatic rings. The molecule has 3 heterocycles. The minimum atomic E-state index is -1.87. The van der Waals surface area contributed by atoms with Crippen molar-refractivity contribution in [2.75, 3.05) is 0 Å². The first-order chi connectivity index (χ1) is 18.4. The maximum atomic E-state index is 12.3. The Kier molecular flexibility index (Phi) is 5.76. The van der Waals surface area contributed by atoms with Crippen LogP contribution in [0.1, 0.15) is 17.1 Å². The van der Waals surface area contributed by atoms with E-state index in [1.165, 1.54) is 0 Å². The number of rotatable bonds is 6. The molecule has 0 fully saturated rings. The molecule has 0 aliphatic heterocycles. The number of nitrogens with zero attached hydrogens (tertiary/aromatic N) is 9. The topological polar surface area (TPSA) is 112 Å². The molecule has 0 amide bonds. The highest BCUT2D eigenvalue weighted by molar-refractivity contribution is 6.32. The summed E-state index contributed by atoms with van der Waals surface area (Å²) in [5, 5.41) is 38.1. The Balaban J connectivity index is 1.46. The van der Waals surface area contributed by atoms with Crippen molar-refractivity contribution >= 4 is 39.9 Å². The van der Waals surface area contributed by atoms with Crippen LogP contribution in [0.3, 0.4) is 0 Å². The molecule has 6 aromatic rings. The van der Waals surface area contributed by atoms with Crippen molar-refractivity contribution in [3.05, 3.63) is 108 Å². The lowest BCUT2D eigenvalue weighted by Gasteiger charge is -2.20. The minimum Gasteiger partial charge on any atom is -0.372 e. The first-order valence-corrected chi connectivity index (χ1v) is 12.1. The van der Waals surface area contributed by atoms with Crippen LogP contribution in [0, 0.1) is 0 Å². The number of aromatic nitrogens is 9. The standard InChI is InChI=1S/C25H22B3N9O/c26-16-1-7-19(8-2-16)35-13-22(29-32-35)25(38,23-14-36(33-30-23)20-9-3-17(27)4-10-20)24-15-37(34-31-24)21-11-5-18(28)6-12-21/h1-15,38H,26-28H2. The molecule has 10 nitrogen and oxygen atoms in total. The largest absolute Gasteiger partial charge is 0.372 e. The average molecular weight is 497 g/mol. The summed E-state index contributed by atoms with van der Waals surface area (Å²) in [4.78, 5) is 0. The van der Waals surface area contributed by atoms with E-state index in [0.29, 0.717) is 0 Å². The van der Waals surface area contributed by atoms with E-state index in [4.69, 9.17) is 0 Å². The number of hydrogen-bond donors (Lipinski definition) is 1. The second-order valence-electron chi connectivity index (χ2n) is 9.36. The van der Waals surface area contributed by atoms with Gasteiger partial charge in [-0.15, -0.1) is 15.3 Å². The van der Waals surface area contributed by atoms with E-state index in [-0.39, 0.29) is 17.1 Å². The van der Waals surface area contributed by atoms with E-state index in [9.17, 15) is 5.11 Å². The fourth-order valence-corrected chi connectivity index (χ4v) is 4.15. The van der Waals surface area contributed by atoms with E-state index in [1.54, 1.807) is 32.6 Å². The fourth-order valence-electron chi connectivity index (χ4n) is 4.15. The van der Waals surface area contributed by atoms with Crippen molar-refractivity contribution in [3.8, 4) is 17.1 Å². The summed E-state index contributed by atoms with van der Waals surface area (Å²) in [6.07, 6.45) is 5.00. The highest BCUT2D eigenvalue weighted by Gasteiger charge is 2.43. The maximum absolute atomic E-state index is 12.3. The molecule has 0 unspecified atom stereocenters. The Morgan fingerprint density at radius 1 is 0.474 bits per heavy atom. The molecular weight excluding hydrogens is 475 g/mol. The Bertz CT molecular complexity index is 1510. The fraction of sp³-hybridized carbons (Fsp3) is 0.0400. The lowest BCUT2D eigenvalue weighted by molar-refractivity contribution is 0.111. The zero-order valence-electron chi connectivity index (χ0n) is 21.1. The molecule has 1 N–H and O–H groups in total. The predicted molar refractivity (Wildman–Crippen MR) is 151 cm³/mol. The van der Waals surface area contributed by atoms with Crippen molar-refractivity contribution in [2.24, 2.45) is 0 Å². The van der Waals surface area contributed by atoms with Crippen LogP contribution in [0.5, 0.6) is 0 Å². The van der Waals surface area contributed by atoms with Gasteiger partial charge in [-0.05, 0) is 36.4 Å². The second kappa shape index (κ2) is 9.27. The molecule has 3 aromatic heterocycles. The van der Waals surface area contributed by atoms with Crippen LogP contribution < -0.4 is 16.4 Å². The average Bonchev–Trinajstić information content (AvgIpc) is 3.71. The summed E-state index contributed by atoms with van der Waals surface area (Å²) in [5.74, 6) is 0. The van der Waals surface area contributed by atoms with Gasteiger partial charge in [-0.1, -0.05) is 68.4 Å². The third-order valence-electron chi connectivity index (χ3n) is 6.49. The Hall–Kier alpha value is -4.77. The molecule has 0 bridgehead atoms. The van der Waals surface area contributed by atoms with Crippen LogP contribution in [0.25, 0.3) is 17.1 Å². The summed E-state index contributed by atoms with van der Waals surface area (Å²) in [5.41, 5.74) is 4.67. The number of hydrogen-bond acceptors (Lipinski definition) is 7. The molecule has 6 rings (SSSR count). The molecule has 0 aliphatic carbocycles. The van der Waals surface area contributed by atoms with Crippen molar-refractivity contribution in [2.45, 2.75) is 5.60 Å². The molecule has 0 saturated heterocycles. The highest BCUT2D eigenvalue weighted by atomic mass is 16.3. The van der Waals surface area contributed by atoms with Gasteiger partial charge in [0.2, 0.25) is 5.60 Å². The van der Waals surface area contributed by atoms with E-state index >= 15 is 0 Å². The number of benzene rings is 3. The highest BCUT2D eigenvalue weighted by Crippen LogP contribution is 2.33. The van der Waals surface area contributed by atoms with Crippen LogP contribution in [0.2, 0.25) is 0 Å². The van der Waals surface area contributed by atoms with E-state index < -0.39 is 5.60 Å². The Morgan fingerprint density at radius 3 is 1.00 bits per heavy atom.